The number of hydrogen-bond donors (Lipinski definition) is 2. The van der Waals surface area contributed by atoms with Gasteiger partial charge in [0.05, 0.1) is 10.7 Å². The quantitative estimate of drug-likeness (QED) is 0.776. The number of carbonyl (C=O) groups is 2. The largest absolute Gasteiger partial charge is 0.481 e. The van der Waals surface area contributed by atoms with Gasteiger partial charge < -0.3 is 10.4 Å². The van der Waals surface area contributed by atoms with Gasteiger partial charge in [0.1, 0.15) is 0 Å². The first-order chi connectivity index (χ1) is 7.06. The van der Waals surface area contributed by atoms with Crippen molar-refractivity contribution in [2.75, 3.05) is 6.26 Å². The van der Waals surface area contributed by atoms with E-state index in [0.29, 0.717) is 0 Å². The molecule has 0 rings (SSSR count). The van der Waals surface area contributed by atoms with Crippen LogP contribution in [0.3, 0.4) is 0 Å². The summed E-state index contributed by atoms with van der Waals surface area (Å²) in [5, 5.41) is 11.7. The summed E-state index contributed by atoms with van der Waals surface area (Å²) < 4.78 is 0. The lowest BCUT2D eigenvalue weighted by Crippen LogP contribution is -2.58. The summed E-state index contributed by atoms with van der Waals surface area (Å²) in [6.45, 7) is 8.47. The Morgan fingerprint density at radius 3 is 2.00 bits per heavy atom. The van der Waals surface area contributed by atoms with Crippen LogP contribution in [0.15, 0.2) is 0 Å². The molecule has 5 heteroatoms. The third-order valence-corrected chi connectivity index (χ3v) is 4.18. The van der Waals surface area contributed by atoms with Crippen molar-refractivity contribution >= 4 is 23.6 Å². The Hall–Kier alpha value is -0.710. The maximum atomic E-state index is 11.7. The Bertz CT molecular complexity index is 287. The third kappa shape index (κ3) is 3.14. The molecule has 0 aromatic heterocycles. The molecule has 1 unspecified atom stereocenters. The van der Waals surface area contributed by atoms with Gasteiger partial charge in [0, 0.05) is 5.54 Å². The van der Waals surface area contributed by atoms with Crippen LogP contribution in [-0.2, 0) is 9.59 Å². The van der Waals surface area contributed by atoms with Gasteiger partial charge in [-0.3, -0.25) is 9.59 Å². The zero-order valence-electron chi connectivity index (χ0n) is 10.7. The molecular formula is C11H21NO3S. The minimum Gasteiger partial charge on any atom is -0.481 e. The van der Waals surface area contributed by atoms with Gasteiger partial charge in [-0.2, -0.15) is 11.8 Å². The van der Waals surface area contributed by atoms with Crippen LogP contribution >= 0.6 is 11.8 Å². The lowest BCUT2D eigenvalue weighted by atomic mass is 9.74. The molecule has 0 aliphatic heterocycles. The summed E-state index contributed by atoms with van der Waals surface area (Å²) in [5.41, 5.74) is -1.80. The van der Waals surface area contributed by atoms with E-state index in [-0.39, 0.29) is 11.2 Å². The van der Waals surface area contributed by atoms with Crippen LogP contribution in [0.4, 0.5) is 0 Å². The Labute approximate surface area is 101 Å². The zero-order valence-corrected chi connectivity index (χ0v) is 11.6. The number of hydrogen-bond acceptors (Lipinski definition) is 3. The normalized spacial score (nSPS) is 14.4. The third-order valence-electron chi connectivity index (χ3n) is 3.26. The highest BCUT2D eigenvalue weighted by Gasteiger charge is 2.44. The summed E-state index contributed by atoms with van der Waals surface area (Å²) in [5.74, 6) is -1.05. The summed E-state index contributed by atoms with van der Waals surface area (Å²) in [6, 6.07) is 0. The molecule has 0 saturated carbocycles. The van der Waals surface area contributed by atoms with Crippen molar-refractivity contribution in [2.24, 2.45) is 5.41 Å². The van der Waals surface area contributed by atoms with Crippen molar-refractivity contribution in [2.45, 2.75) is 45.4 Å². The first kappa shape index (κ1) is 15.3. The summed E-state index contributed by atoms with van der Waals surface area (Å²) in [7, 11) is 0. The minimum atomic E-state index is -1.01. The van der Waals surface area contributed by atoms with E-state index < -0.39 is 16.9 Å². The molecule has 0 aromatic rings. The highest BCUT2D eigenvalue weighted by molar-refractivity contribution is 7.99. The fourth-order valence-corrected chi connectivity index (χ4v) is 1.21. The molecule has 0 heterocycles. The van der Waals surface area contributed by atoms with Gasteiger partial charge in [-0.15, -0.1) is 0 Å². The monoisotopic (exact) mass is 247 g/mol. The van der Waals surface area contributed by atoms with E-state index in [9.17, 15) is 9.59 Å². The number of aliphatic carboxylic acids is 1. The van der Waals surface area contributed by atoms with Crippen LogP contribution in [0.25, 0.3) is 0 Å². The van der Waals surface area contributed by atoms with Crippen LogP contribution < -0.4 is 5.32 Å². The van der Waals surface area contributed by atoms with Gasteiger partial charge in [-0.05, 0) is 40.9 Å². The van der Waals surface area contributed by atoms with Crippen LogP contribution in [-0.4, -0.2) is 34.0 Å². The molecule has 0 aliphatic rings. The van der Waals surface area contributed by atoms with Gasteiger partial charge in [-0.25, -0.2) is 0 Å². The van der Waals surface area contributed by atoms with Crippen molar-refractivity contribution in [3.63, 3.8) is 0 Å². The molecule has 4 nitrogen and oxygen atoms in total. The molecular weight excluding hydrogens is 226 g/mol. The standard InChI is InChI=1S/C11H21NO3S/c1-7(16-6)8(13)12-11(4,5)10(2,3)9(14)15/h7H,1-6H3,(H,12,13)(H,14,15). The van der Waals surface area contributed by atoms with E-state index in [1.165, 1.54) is 11.8 Å². The van der Waals surface area contributed by atoms with Crippen molar-refractivity contribution in [3.8, 4) is 0 Å². The Kier molecular flexibility index (Phi) is 4.85. The second-order valence-corrected chi connectivity index (χ2v) is 6.10. The first-order valence-corrected chi connectivity index (χ1v) is 6.43. The maximum absolute atomic E-state index is 11.7. The van der Waals surface area contributed by atoms with Gasteiger partial charge in [0.15, 0.2) is 0 Å². The smallest absolute Gasteiger partial charge is 0.311 e. The molecule has 0 radical (unpaired) electrons. The summed E-state index contributed by atoms with van der Waals surface area (Å²) >= 11 is 1.43. The van der Waals surface area contributed by atoms with Crippen LogP contribution in [0.5, 0.6) is 0 Å². The Morgan fingerprint density at radius 2 is 1.69 bits per heavy atom. The first-order valence-electron chi connectivity index (χ1n) is 5.14. The van der Waals surface area contributed by atoms with E-state index in [2.05, 4.69) is 5.32 Å². The van der Waals surface area contributed by atoms with E-state index in [4.69, 9.17) is 5.11 Å². The molecule has 1 amide bonds. The highest BCUT2D eigenvalue weighted by Crippen LogP contribution is 2.31. The molecule has 0 spiro atoms. The van der Waals surface area contributed by atoms with Crippen molar-refractivity contribution in [1.29, 1.82) is 0 Å². The molecule has 0 saturated heterocycles. The predicted octanol–water partition coefficient (Wildman–Crippen LogP) is 1.74. The Balaban J connectivity index is 4.82. The summed E-state index contributed by atoms with van der Waals surface area (Å²) in [4.78, 5) is 22.9. The molecule has 0 aliphatic carbocycles. The Morgan fingerprint density at radius 1 is 1.25 bits per heavy atom. The molecule has 94 valence electrons. The number of carboxylic acid groups (broad SMARTS) is 1. The van der Waals surface area contributed by atoms with Gasteiger partial charge in [0.25, 0.3) is 0 Å². The van der Waals surface area contributed by atoms with E-state index in [0.717, 1.165) is 0 Å². The number of nitrogens with one attached hydrogen (secondary N) is 1. The van der Waals surface area contributed by atoms with Crippen LogP contribution in [0, 0.1) is 5.41 Å². The fraction of sp³-hybridized carbons (Fsp3) is 0.818. The second-order valence-electron chi connectivity index (χ2n) is 4.92. The van der Waals surface area contributed by atoms with E-state index in [1.54, 1.807) is 34.6 Å². The zero-order chi connectivity index (χ0) is 13.1. The lowest BCUT2D eigenvalue weighted by Gasteiger charge is -2.39. The minimum absolute atomic E-state index is 0.133. The van der Waals surface area contributed by atoms with Gasteiger partial charge in [0.2, 0.25) is 5.91 Å². The number of amides is 1. The highest BCUT2D eigenvalue weighted by atomic mass is 32.2. The fourth-order valence-electron chi connectivity index (χ4n) is 0.940. The van der Waals surface area contributed by atoms with E-state index >= 15 is 0 Å². The van der Waals surface area contributed by atoms with Crippen LogP contribution in [0.2, 0.25) is 0 Å². The topological polar surface area (TPSA) is 66.4 Å². The average molecular weight is 247 g/mol. The number of carboxylic acids is 1. The van der Waals surface area contributed by atoms with Crippen molar-refractivity contribution in [3.05, 3.63) is 0 Å². The average Bonchev–Trinajstić information content (AvgIpc) is 2.15. The van der Waals surface area contributed by atoms with Crippen molar-refractivity contribution in [1.82, 2.24) is 5.32 Å². The molecule has 1 atom stereocenters. The van der Waals surface area contributed by atoms with Gasteiger partial charge in [-0.1, -0.05) is 0 Å². The SMILES string of the molecule is CSC(C)C(=O)NC(C)(C)C(C)(C)C(=O)O. The maximum Gasteiger partial charge on any atom is 0.311 e. The van der Waals surface area contributed by atoms with Crippen LogP contribution in [0.1, 0.15) is 34.6 Å². The number of rotatable bonds is 5. The predicted molar refractivity (Wildman–Crippen MR) is 66.6 cm³/mol. The summed E-state index contributed by atoms with van der Waals surface area (Å²) in [6.07, 6.45) is 1.85. The van der Waals surface area contributed by atoms with E-state index in [1.807, 2.05) is 6.26 Å². The second kappa shape index (κ2) is 5.08. The molecule has 0 aromatic carbocycles. The molecule has 16 heavy (non-hydrogen) atoms. The molecule has 0 bridgehead atoms. The molecule has 0 fully saturated rings. The molecule has 2 N–H and O–H groups in total. The number of thioether (sulfide) groups is 1. The number of carbonyl (C=O) groups excluding carboxylic acids is 1. The van der Waals surface area contributed by atoms with Crippen molar-refractivity contribution < 1.29 is 14.7 Å². The van der Waals surface area contributed by atoms with Gasteiger partial charge >= 0.3 is 5.97 Å². The lowest BCUT2D eigenvalue weighted by molar-refractivity contribution is -0.151.